The number of Topliss-reactive ketones (excluding diaryl/α,β-unsaturated/α-hetero) is 1. The molecule has 216 valence electrons. The quantitative estimate of drug-likeness (QED) is 0.164. The van der Waals surface area contributed by atoms with Crippen LogP contribution in [0.25, 0.3) is 0 Å². The number of carbonyl (C=O) groups is 2. The van der Waals surface area contributed by atoms with Gasteiger partial charge in [0.1, 0.15) is 23.0 Å². The predicted octanol–water partition coefficient (Wildman–Crippen LogP) is 9.09. The van der Waals surface area contributed by atoms with Gasteiger partial charge in [-0.2, -0.15) is 0 Å². The van der Waals surface area contributed by atoms with Gasteiger partial charge in [-0.15, -0.1) is 0 Å². The van der Waals surface area contributed by atoms with Crippen molar-refractivity contribution in [1.82, 2.24) is 0 Å². The average molecular weight is 571 g/mol. The first-order valence-electron chi connectivity index (χ1n) is 14.1. The molecule has 5 rings (SSSR count). The highest BCUT2D eigenvalue weighted by atomic mass is 16.5. The second-order valence-corrected chi connectivity index (χ2v) is 10.8. The Morgan fingerprint density at radius 2 is 0.907 bits per heavy atom. The molecule has 0 aliphatic rings. The lowest BCUT2D eigenvalue weighted by Gasteiger charge is -2.26. The van der Waals surface area contributed by atoms with Crippen molar-refractivity contribution < 1.29 is 19.1 Å². The van der Waals surface area contributed by atoms with Gasteiger partial charge in [-0.05, 0) is 103 Å². The third kappa shape index (κ3) is 7.11. The number of benzene rings is 5. The van der Waals surface area contributed by atoms with E-state index in [-0.39, 0.29) is 17.1 Å². The van der Waals surface area contributed by atoms with E-state index in [1.165, 1.54) is 12.5 Å². The Morgan fingerprint density at radius 3 is 1.30 bits per heavy atom. The number of ketones is 1. The molecule has 43 heavy (non-hydrogen) atoms. The fourth-order valence-electron chi connectivity index (χ4n) is 4.67. The topological polar surface area (TPSA) is 76.7 Å². The summed E-state index contributed by atoms with van der Waals surface area (Å²) >= 11 is 0. The molecule has 0 aliphatic heterocycles. The van der Waals surface area contributed by atoms with Crippen LogP contribution in [0.15, 0.2) is 121 Å². The summed E-state index contributed by atoms with van der Waals surface area (Å²) < 4.78 is 12.1. The van der Waals surface area contributed by atoms with Gasteiger partial charge in [0.05, 0.1) is 0 Å². The lowest BCUT2D eigenvalue weighted by atomic mass is 9.78. The zero-order valence-corrected chi connectivity index (χ0v) is 24.7. The SMILES string of the molecule is CNc1ccc(Oc2ccc(C(C)(C)c3ccc(Oc4ccc(NC(=O)c5ccc(C(C)=O)cc5)cc4)cc3)cc2)cc1. The van der Waals surface area contributed by atoms with E-state index >= 15 is 0 Å². The van der Waals surface area contributed by atoms with Gasteiger partial charge in [-0.3, -0.25) is 9.59 Å². The summed E-state index contributed by atoms with van der Waals surface area (Å²) in [4.78, 5) is 24.0. The summed E-state index contributed by atoms with van der Waals surface area (Å²) in [6.45, 7) is 5.89. The Hall–Kier alpha value is -5.36. The van der Waals surface area contributed by atoms with Crippen molar-refractivity contribution in [1.29, 1.82) is 0 Å². The standard InChI is InChI=1S/C37H34N2O4/c1-25(40)26-5-7-27(8-6-26)36(41)39-31-15-23-35(24-16-31)43-33-19-11-29(12-20-33)37(2,3)28-9-17-32(18-10-28)42-34-21-13-30(38-4)14-22-34/h5-24,38H,1-4H3,(H,39,41). The van der Waals surface area contributed by atoms with E-state index in [1.54, 1.807) is 36.4 Å². The predicted molar refractivity (Wildman–Crippen MR) is 172 cm³/mol. The van der Waals surface area contributed by atoms with Gasteiger partial charge in [0.15, 0.2) is 5.78 Å². The normalized spacial score (nSPS) is 11.0. The van der Waals surface area contributed by atoms with Crippen molar-refractivity contribution >= 4 is 23.1 Å². The van der Waals surface area contributed by atoms with Crippen molar-refractivity contribution in [3.05, 3.63) is 144 Å². The Kier molecular flexibility index (Phi) is 8.58. The van der Waals surface area contributed by atoms with Crippen LogP contribution in [0.1, 0.15) is 52.6 Å². The van der Waals surface area contributed by atoms with Crippen LogP contribution < -0.4 is 20.1 Å². The Balaban J connectivity index is 1.18. The summed E-state index contributed by atoms with van der Waals surface area (Å²) in [6.07, 6.45) is 0. The molecule has 0 saturated heterocycles. The molecule has 0 heterocycles. The van der Waals surface area contributed by atoms with Gasteiger partial charge in [-0.1, -0.05) is 50.2 Å². The molecule has 0 aromatic heterocycles. The molecule has 6 heteroatoms. The number of nitrogens with one attached hydrogen (secondary N) is 2. The monoisotopic (exact) mass is 570 g/mol. The summed E-state index contributed by atoms with van der Waals surface area (Å²) in [5, 5.41) is 5.97. The van der Waals surface area contributed by atoms with Crippen molar-refractivity contribution in [3.63, 3.8) is 0 Å². The molecule has 0 unspecified atom stereocenters. The van der Waals surface area contributed by atoms with Gasteiger partial charge >= 0.3 is 0 Å². The van der Waals surface area contributed by atoms with Crippen LogP contribution in [0.5, 0.6) is 23.0 Å². The third-order valence-corrected chi connectivity index (χ3v) is 7.43. The molecule has 0 radical (unpaired) electrons. The van der Waals surface area contributed by atoms with Crippen molar-refractivity contribution in [2.45, 2.75) is 26.2 Å². The summed E-state index contributed by atoms with van der Waals surface area (Å²) in [6, 6.07) is 37.9. The molecule has 5 aromatic carbocycles. The first-order chi connectivity index (χ1) is 20.7. The molecule has 0 atom stereocenters. The van der Waals surface area contributed by atoms with Crippen molar-refractivity contribution in [2.24, 2.45) is 0 Å². The van der Waals surface area contributed by atoms with Crippen LogP contribution in [0, 0.1) is 0 Å². The highest BCUT2D eigenvalue weighted by molar-refractivity contribution is 6.05. The van der Waals surface area contributed by atoms with Crippen LogP contribution in [0.3, 0.4) is 0 Å². The number of carbonyl (C=O) groups excluding carboxylic acids is 2. The number of amides is 1. The molecule has 0 fully saturated rings. The van der Waals surface area contributed by atoms with E-state index < -0.39 is 0 Å². The zero-order valence-electron chi connectivity index (χ0n) is 24.7. The van der Waals surface area contributed by atoms with E-state index in [0.29, 0.717) is 22.6 Å². The van der Waals surface area contributed by atoms with Crippen LogP contribution in [0.2, 0.25) is 0 Å². The molecule has 0 saturated carbocycles. The maximum Gasteiger partial charge on any atom is 0.255 e. The van der Waals surface area contributed by atoms with Gasteiger partial charge in [0.2, 0.25) is 0 Å². The smallest absolute Gasteiger partial charge is 0.255 e. The Bertz CT molecular complexity index is 1690. The van der Waals surface area contributed by atoms with E-state index in [1.807, 2.05) is 67.7 Å². The van der Waals surface area contributed by atoms with Crippen LogP contribution in [-0.2, 0) is 5.41 Å². The fraction of sp³-hybridized carbons (Fsp3) is 0.135. The van der Waals surface area contributed by atoms with E-state index in [0.717, 1.165) is 28.5 Å². The largest absolute Gasteiger partial charge is 0.457 e. The molecule has 2 N–H and O–H groups in total. The molecule has 0 aliphatic carbocycles. The van der Waals surface area contributed by atoms with Crippen LogP contribution >= 0.6 is 0 Å². The van der Waals surface area contributed by atoms with Gasteiger partial charge < -0.3 is 20.1 Å². The highest BCUT2D eigenvalue weighted by Crippen LogP contribution is 2.35. The average Bonchev–Trinajstić information content (AvgIpc) is 3.03. The number of anilines is 2. The lowest BCUT2D eigenvalue weighted by Crippen LogP contribution is -2.18. The minimum absolute atomic E-state index is 0.0373. The molecule has 5 aromatic rings. The first-order valence-corrected chi connectivity index (χ1v) is 14.1. The van der Waals surface area contributed by atoms with E-state index in [2.05, 4.69) is 48.7 Å². The summed E-state index contributed by atoms with van der Waals surface area (Å²) in [5.74, 6) is 2.67. The second-order valence-electron chi connectivity index (χ2n) is 10.8. The number of hydrogen-bond donors (Lipinski definition) is 2. The molecule has 0 spiro atoms. The van der Waals surface area contributed by atoms with Gasteiger partial charge in [0, 0.05) is 35.0 Å². The molecular weight excluding hydrogens is 536 g/mol. The second kappa shape index (κ2) is 12.7. The summed E-state index contributed by atoms with van der Waals surface area (Å²) in [7, 11) is 1.89. The van der Waals surface area contributed by atoms with E-state index in [9.17, 15) is 9.59 Å². The Labute approximate surface area is 252 Å². The maximum atomic E-state index is 12.6. The fourth-order valence-corrected chi connectivity index (χ4v) is 4.67. The molecule has 6 nitrogen and oxygen atoms in total. The zero-order chi connectivity index (χ0) is 30.4. The van der Waals surface area contributed by atoms with Crippen LogP contribution in [-0.4, -0.2) is 18.7 Å². The molecule has 1 amide bonds. The first kappa shape index (κ1) is 29.1. The third-order valence-electron chi connectivity index (χ3n) is 7.43. The maximum absolute atomic E-state index is 12.6. The van der Waals surface area contributed by atoms with Gasteiger partial charge in [-0.25, -0.2) is 0 Å². The molecule has 0 bridgehead atoms. The van der Waals surface area contributed by atoms with Crippen molar-refractivity contribution in [3.8, 4) is 23.0 Å². The number of rotatable bonds is 10. The summed E-state index contributed by atoms with van der Waals surface area (Å²) in [5.41, 5.74) is 4.84. The number of hydrogen-bond acceptors (Lipinski definition) is 5. The van der Waals surface area contributed by atoms with Crippen molar-refractivity contribution in [2.75, 3.05) is 17.7 Å². The van der Waals surface area contributed by atoms with Crippen LogP contribution in [0.4, 0.5) is 11.4 Å². The minimum atomic E-state index is -0.247. The van der Waals surface area contributed by atoms with E-state index in [4.69, 9.17) is 9.47 Å². The molecular formula is C37H34N2O4. The van der Waals surface area contributed by atoms with Gasteiger partial charge in [0.25, 0.3) is 5.91 Å². The number of ether oxygens (including phenoxy) is 2. The minimum Gasteiger partial charge on any atom is -0.457 e. The Morgan fingerprint density at radius 1 is 0.535 bits per heavy atom. The highest BCUT2D eigenvalue weighted by Gasteiger charge is 2.23. The lowest BCUT2D eigenvalue weighted by molar-refractivity contribution is 0.101.